The molecule has 0 aliphatic rings. The van der Waals surface area contributed by atoms with Gasteiger partial charge in [0.25, 0.3) is 0 Å². The smallest absolute Gasteiger partial charge is 0.337 e. The summed E-state index contributed by atoms with van der Waals surface area (Å²) in [4.78, 5) is 21.5. The minimum Gasteiger partial charge on any atom is -0.478 e. The van der Waals surface area contributed by atoms with Crippen LogP contribution in [0.15, 0.2) is 18.2 Å². The number of amides is 1. The summed E-state index contributed by atoms with van der Waals surface area (Å²) in [6.07, 6.45) is 0. The zero-order valence-electron chi connectivity index (χ0n) is 9.28. The third-order valence-electron chi connectivity index (χ3n) is 1.92. The van der Waals surface area contributed by atoms with Gasteiger partial charge in [-0.15, -0.1) is 0 Å². The van der Waals surface area contributed by atoms with Crippen molar-refractivity contribution in [2.45, 2.75) is 6.92 Å². The molecule has 5 nitrogen and oxygen atoms in total. The maximum Gasteiger partial charge on any atom is 0.337 e. The number of hydrogen-bond donors (Lipinski definition) is 3. The molecule has 17 heavy (non-hydrogen) atoms. The Morgan fingerprint density at radius 2 is 2.18 bits per heavy atom. The van der Waals surface area contributed by atoms with Crippen LogP contribution < -0.4 is 11.1 Å². The lowest BCUT2D eigenvalue weighted by Crippen LogP contribution is -2.19. The van der Waals surface area contributed by atoms with Crippen molar-refractivity contribution in [3.63, 3.8) is 0 Å². The highest BCUT2D eigenvalue weighted by molar-refractivity contribution is 5.91. The van der Waals surface area contributed by atoms with Crippen LogP contribution in [0.2, 0.25) is 0 Å². The summed E-state index contributed by atoms with van der Waals surface area (Å²) in [5.74, 6) is 4.07. The van der Waals surface area contributed by atoms with Gasteiger partial charge < -0.3 is 16.2 Å². The monoisotopic (exact) mass is 232 g/mol. The van der Waals surface area contributed by atoms with Crippen molar-refractivity contribution in [1.29, 1.82) is 0 Å². The lowest BCUT2D eigenvalue weighted by Gasteiger charge is -2.00. The first-order valence-electron chi connectivity index (χ1n) is 4.87. The fourth-order valence-corrected chi connectivity index (χ4v) is 1.16. The average molecular weight is 232 g/mol. The number of nitrogens with two attached hydrogens (primary N) is 1. The molecular formula is C12H12N2O3. The lowest BCUT2D eigenvalue weighted by atomic mass is 10.1. The van der Waals surface area contributed by atoms with Gasteiger partial charge >= 0.3 is 5.97 Å². The average Bonchev–Trinajstić information content (AvgIpc) is 2.25. The van der Waals surface area contributed by atoms with Crippen molar-refractivity contribution in [3.8, 4) is 11.8 Å². The van der Waals surface area contributed by atoms with E-state index in [2.05, 4.69) is 17.2 Å². The van der Waals surface area contributed by atoms with Gasteiger partial charge in [-0.3, -0.25) is 4.79 Å². The Morgan fingerprint density at radius 1 is 1.47 bits per heavy atom. The van der Waals surface area contributed by atoms with Crippen LogP contribution in [-0.4, -0.2) is 23.5 Å². The Morgan fingerprint density at radius 3 is 2.76 bits per heavy atom. The molecule has 0 atom stereocenters. The van der Waals surface area contributed by atoms with E-state index < -0.39 is 5.97 Å². The Kier molecular flexibility index (Phi) is 4.12. The third kappa shape index (κ3) is 3.87. The summed E-state index contributed by atoms with van der Waals surface area (Å²) in [6, 6.07) is 4.47. The molecule has 0 bridgehead atoms. The zero-order valence-corrected chi connectivity index (χ0v) is 9.28. The molecule has 0 aliphatic carbocycles. The Hall–Kier alpha value is -2.48. The molecule has 0 saturated carbocycles. The summed E-state index contributed by atoms with van der Waals surface area (Å²) in [7, 11) is 0. The third-order valence-corrected chi connectivity index (χ3v) is 1.92. The van der Waals surface area contributed by atoms with E-state index in [-0.39, 0.29) is 18.0 Å². The van der Waals surface area contributed by atoms with Crippen molar-refractivity contribution >= 4 is 17.6 Å². The normalized spacial score (nSPS) is 9.00. The molecule has 0 aliphatic heterocycles. The number of anilines is 1. The van der Waals surface area contributed by atoms with E-state index in [1.165, 1.54) is 13.0 Å². The fraction of sp³-hybridized carbons (Fsp3) is 0.167. The highest BCUT2D eigenvalue weighted by Crippen LogP contribution is 2.12. The number of carbonyl (C=O) groups is 2. The van der Waals surface area contributed by atoms with Crippen molar-refractivity contribution in [2.24, 2.45) is 0 Å². The van der Waals surface area contributed by atoms with Crippen molar-refractivity contribution < 1.29 is 14.7 Å². The van der Waals surface area contributed by atoms with E-state index >= 15 is 0 Å². The van der Waals surface area contributed by atoms with Crippen LogP contribution in [0.4, 0.5) is 5.69 Å². The maximum absolute atomic E-state index is 10.9. The highest BCUT2D eigenvalue weighted by Gasteiger charge is 2.08. The number of carboxylic acid groups (broad SMARTS) is 1. The highest BCUT2D eigenvalue weighted by atomic mass is 16.4. The number of rotatable bonds is 2. The summed E-state index contributed by atoms with van der Waals surface area (Å²) in [6.45, 7) is 1.56. The number of nitrogen functional groups attached to an aromatic ring is 1. The lowest BCUT2D eigenvalue weighted by molar-refractivity contribution is -0.118. The molecule has 0 saturated heterocycles. The van der Waals surface area contributed by atoms with Crippen LogP contribution in [-0.2, 0) is 4.79 Å². The van der Waals surface area contributed by atoms with Gasteiger partial charge in [0, 0.05) is 18.2 Å². The molecular weight excluding hydrogens is 220 g/mol. The van der Waals surface area contributed by atoms with Crippen molar-refractivity contribution in [3.05, 3.63) is 29.3 Å². The van der Waals surface area contributed by atoms with Gasteiger partial charge in [-0.2, -0.15) is 0 Å². The Balaban J connectivity index is 2.90. The largest absolute Gasteiger partial charge is 0.478 e. The first kappa shape index (κ1) is 12.6. The van der Waals surface area contributed by atoms with Crippen LogP contribution in [0.25, 0.3) is 0 Å². The molecule has 88 valence electrons. The maximum atomic E-state index is 10.9. The molecule has 1 amide bonds. The van der Waals surface area contributed by atoms with Gasteiger partial charge in [0.2, 0.25) is 5.91 Å². The number of hydrogen-bond acceptors (Lipinski definition) is 3. The molecule has 0 radical (unpaired) electrons. The molecule has 1 aromatic rings. The topological polar surface area (TPSA) is 92.4 Å². The van der Waals surface area contributed by atoms with Crippen molar-refractivity contribution in [2.75, 3.05) is 12.3 Å². The van der Waals surface area contributed by atoms with Gasteiger partial charge in [-0.25, -0.2) is 4.79 Å². The zero-order chi connectivity index (χ0) is 12.8. The van der Waals surface area contributed by atoms with Crippen LogP contribution >= 0.6 is 0 Å². The minimum absolute atomic E-state index is 0.0559. The van der Waals surface area contributed by atoms with Gasteiger partial charge in [0.15, 0.2) is 0 Å². The molecule has 0 fully saturated rings. The summed E-state index contributed by atoms with van der Waals surface area (Å²) in [5, 5.41) is 11.4. The van der Waals surface area contributed by atoms with Gasteiger partial charge in [0.1, 0.15) is 0 Å². The first-order chi connectivity index (χ1) is 8.00. The number of carboxylic acids is 1. The molecule has 0 unspecified atom stereocenters. The summed E-state index contributed by atoms with van der Waals surface area (Å²) < 4.78 is 0. The number of nitrogens with one attached hydrogen (secondary N) is 1. The molecule has 1 rings (SSSR count). The van der Waals surface area contributed by atoms with Crippen LogP contribution in [0.3, 0.4) is 0 Å². The van der Waals surface area contributed by atoms with E-state index in [0.717, 1.165) is 0 Å². The molecule has 4 N–H and O–H groups in total. The second-order valence-corrected chi connectivity index (χ2v) is 3.32. The summed E-state index contributed by atoms with van der Waals surface area (Å²) in [5.41, 5.74) is 6.29. The summed E-state index contributed by atoms with van der Waals surface area (Å²) >= 11 is 0. The quantitative estimate of drug-likeness (QED) is 0.510. The predicted molar refractivity (Wildman–Crippen MR) is 63.4 cm³/mol. The predicted octanol–water partition coefficient (Wildman–Crippen LogP) is 0.455. The van der Waals surface area contributed by atoms with Crippen LogP contribution in [0, 0.1) is 11.8 Å². The van der Waals surface area contributed by atoms with Crippen LogP contribution in [0.5, 0.6) is 0 Å². The second-order valence-electron chi connectivity index (χ2n) is 3.32. The van der Waals surface area contributed by atoms with Crippen molar-refractivity contribution in [1.82, 2.24) is 5.32 Å². The van der Waals surface area contributed by atoms with E-state index in [1.807, 2.05) is 0 Å². The number of benzene rings is 1. The van der Waals surface area contributed by atoms with E-state index in [4.69, 9.17) is 10.8 Å². The van der Waals surface area contributed by atoms with E-state index in [0.29, 0.717) is 11.3 Å². The Labute approximate surface area is 98.6 Å². The number of aromatic carboxylic acids is 1. The minimum atomic E-state index is -1.08. The van der Waals surface area contributed by atoms with Gasteiger partial charge in [-0.05, 0) is 18.2 Å². The Bertz CT molecular complexity index is 512. The second kappa shape index (κ2) is 5.56. The fourth-order valence-electron chi connectivity index (χ4n) is 1.16. The van der Waals surface area contributed by atoms with E-state index in [1.54, 1.807) is 12.1 Å². The number of carbonyl (C=O) groups excluding carboxylic acids is 1. The standard InChI is InChI=1S/C12H12N2O3/c1-8(15)14-6-2-3-9-4-5-10(13)7-11(9)12(16)17/h4-5,7H,6,13H2,1H3,(H,14,15)(H,16,17). The van der Waals surface area contributed by atoms with E-state index in [9.17, 15) is 9.59 Å². The van der Waals surface area contributed by atoms with Crippen LogP contribution in [0.1, 0.15) is 22.8 Å². The molecule has 0 spiro atoms. The molecule has 5 heteroatoms. The molecule has 0 heterocycles. The van der Waals surface area contributed by atoms with Gasteiger partial charge in [-0.1, -0.05) is 11.8 Å². The SMILES string of the molecule is CC(=O)NCC#Cc1ccc(N)cc1C(=O)O. The van der Waals surface area contributed by atoms with Gasteiger partial charge in [0.05, 0.1) is 12.1 Å². The molecule has 0 aromatic heterocycles. The first-order valence-corrected chi connectivity index (χ1v) is 4.87. The molecule has 1 aromatic carbocycles.